The second-order valence-electron chi connectivity index (χ2n) is 2.00. The third-order valence-electron chi connectivity index (χ3n) is 1.18. The summed E-state index contributed by atoms with van der Waals surface area (Å²) >= 11 is 0. The molecule has 1 heterocycles. The zero-order valence-electron chi connectivity index (χ0n) is 6.03. The van der Waals surface area contributed by atoms with Crippen LogP contribution in [0.4, 0.5) is 0 Å². The molecule has 0 aliphatic rings. The van der Waals surface area contributed by atoms with Crippen molar-refractivity contribution in [1.29, 1.82) is 0 Å². The lowest BCUT2D eigenvalue weighted by Gasteiger charge is -1.96. The van der Waals surface area contributed by atoms with E-state index in [1.54, 1.807) is 13.1 Å². The van der Waals surface area contributed by atoms with E-state index in [1.165, 1.54) is 4.68 Å². The minimum absolute atomic E-state index is 0.275. The topological polar surface area (TPSA) is 47.8 Å². The van der Waals surface area contributed by atoms with Crippen molar-refractivity contribution in [3.05, 3.63) is 22.4 Å². The van der Waals surface area contributed by atoms with Crippen molar-refractivity contribution < 1.29 is 0 Å². The van der Waals surface area contributed by atoms with E-state index in [1.807, 2.05) is 6.92 Å². The lowest BCUT2D eigenvalue weighted by molar-refractivity contribution is 0.587. The Morgan fingerprint density at radius 3 is 2.90 bits per heavy atom. The molecular weight excluding hydrogens is 130 g/mol. The molecule has 0 N–H and O–H groups in total. The first-order valence-corrected chi connectivity index (χ1v) is 3.15. The van der Waals surface area contributed by atoms with Crippen molar-refractivity contribution in [3.8, 4) is 0 Å². The van der Waals surface area contributed by atoms with E-state index >= 15 is 0 Å². The highest BCUT2D eigenvalue weighted by molar-refractivity contribution is 4.86. The molecule has 10 heavy (non-hydrogen) atoms. The summed E-state index contributed by atoms with van der Waals surface area (Å²) in [6, 6.07) is 0. The van der Waals surface area contributed by atoms with Crippen molar-refractivity contribution in [2.45, 2.75) is 20.4 Å². The molecule has 0 aromatic carbocycles. The molecule has 54 valence electrons. The van der Waals surface area contributed by atoms with E-state index in [-0.39, 0.29) is 5.69 Å². The van der Waals surface area contributed by atoms with E-state index in [9.17, 15) is 4.79 Å². The fraction of sp³-hybridized carbons (Fsp3) is 0.500. The van der Waals surface area contributed by atoms with Gasteiger partial charge in [0, 0.05) is 6.54 Å². The summed E-state index contributed by atoms with van der Waals surface area (Å²) in [6.45, 7) is 4.17. The molecule has 0 bridgehead atoms. The lowest BCUT2D eigenvalue weighted by atomic mass is 10.5. The molecule has 0 atom stereocenters. The average Bonchev–Trinajstić information content (AvgIpc) is 1.88. The van der Waals surface area contributed by atoms with Crippen LogP contribution in [0.3, 0.4) is 0 Å². The van der Waals surface area contributed by atoms with Crippen LogP contribution < -0.4 is 5.69 Å². The third kappa shape index (κ3) is 1.21. The summed E-state index contributed by atoms with van der Waals surface area (Å²) in [5.41, 5.74) is 0.386. The summed E-state index contributed by atoms with van der Waals surface area (Å²) in [5, 5.41) is 3.84. The Balaban J connectivity index is 3.20. The minimum atomic E-state index is -0.275. The van der Waals surface area contributed by atoms with Gasteiger partial charge in [0.2, 0.25) is 0 Å². The van der Waals surface area contributed by atoms with Crippen molar-refractivity contribution in [2.24, 2.45) is 0 Å². The Morgan fingerprint density at radius 2 is 2.40 bits per heavy atom. The van der Waals surface area contributed by atoms with Crippen LogP contribution in [0.1, 0.15) is 12.6 Å². The van der Waals surface area contributed by atoms with Crippen LogP contribution in [0, 0.1) is 6.92 Å². The maximum Gasteiger partial charge on any atom is 0.364 e. The lowest BCUT2D eigenvalue weighted by Crippen LogP contribution is -2.24. The molecule has 1 rings (SSSR count). The molecular formula is C6H9N3O. The molecule has 0 saturated heterocycles. The first-order valence-electron chi connectivity index (χ1n) is 3.15. The molecule has 0 fully saturated rings. The van der Waals surface area contributed by atoms with E-state index in [2.05, 4.69) is 10.1 Å². The molecule has 4 nitrogen and oxygen atoms in total. The zero-order chi connectivity index (χ0) is 7.56. The third-order valence-corrected chi connectivity index (χ3v) is 1.18. The summed E-state index contributed by atoms with van der Waals surface area (Å²) in [5.74, 6) is 0. The minimum Gasteiger partial charge on any atom is -0.244 e. The van der Waals surface area contributed by atoms with Gasteiger partial charge >= 0.3 is 5.69 Å². The van der Waals surface area contributed by atoms with Crippen molar-refractivity contribution in [2.75, 3.05) is 0 Å². The van der Waals surface area contributed by atoms with Gasteiger partial charge in [-0.2, -0.15) is 10.1 Å². The van der Waals surface area contributed by atoms with Gasteiger partial charge in [-0.05, 0) is 13.8 Å². The molecule has 0 amide bonds. The fourth-order valence-electron chi connectivity index (χ4n) is 0.657. The summed E-state index contributed by atoms with van der Waals surface area (Å²) in [7, 11) is 0. The molecule has 4 heteroatoms. The molecule has 0 spiro atoms. The largest absolute Gasteiger partial charge is 0.364 e. The summed E-state index contributed by atoms with van der Waals surface area (Å²) < 4.78 is 1.31. The van der Waals surface area contributed by atoms with Gasteiger partial charge in [-0.3, -0.25) is 0 Å². The number of rotatable bonds is 1. The quantitative estimate of drug-likeness (QED) is 0.548. The Labute approximate surface area is 58.5 Å². The van der Waals surface area contributed by atoms with E-state index in [4.69, 9.17) is 0 Å². The van der Waals surface area contributed by atoms with Crippen LogP contribution in [0.2, 0.25) is 0 Å². The van der Waals surface area contributed by atoms with E-state index in [0.717, 1.165) is 0 Å². The summed E-state index contributed by atoms with van der Waals surface area (Å²) in [6.07, 6.45) is 1.57. The van der Waals surface area contributed by atoms with Gasteiger partial charge in [0.25, 0.3) is 0 Å². The molecule has 0 aliphatic heterocycles. The number of aryl methyl sites for hydroxylation is 2. The number of nitrogens with zero attached hydrogens (tertiary/aromatic N) is 3. The second kappa shape index (κ2) is 2.60. The fourth-order valence-corrected chi connectivity index (χ4v) is 0.657. The normalized spacial score (nSPS) is 9.80. The number of hydrogen-bond acceptors (Lipinski definition) is 3. The first-order chi connectivity index (χ1) is 4.74. The second-order valence-corrected chi connectivity index (χ2v) is 2.00. The molecule has 0 radical (unpaired) electrons. The highest BCUT2D eigenvalue weighted by Crippen LogP contribution is 1.79. The zero-order valence-corrected chi connectivity index (χ0v) is 6.03. The number of aromatic nitrogens is 3. The predicted molar refractivity (Wildman–Crippen MR) is 36.7 cm³/mol. The molecule has 1 aromatic rings. The standard InChI is InChI=1S/C6H9N3O/c1-3-9-6(10)8-5(2)4-7-9/h4H,3H2,1-2H3. The Bertz CT molecular complexity index is 279. The monoisotopic (exact) mass is 139 g/mol. The van der Waals surface area contributed by atoms with Crippen LogP contribution >= 0.6 is 0 Å². The van der Waals surface area contributed by atoms with Crippen LogP contribution in [0.25, 0.3) is 0 Å². The smallest absolute Gasteiger partial charge is 0.244 e. The SMILES string of the molecule is CCn1ncc(C)nc1=O. The van der Waals surface area contributed by atoms with Crippen LogP contribution in [0.15, 0.2) is 11.0 Å². The van der Waals surface area contributed by atoms with Crippen molar-refractivity contribution in [3.63, 3.8) is 0 Å². The van der Waals surface area contributed by atoms with Crippen molar-refractivity contribution >= 4 is 0 Å². The maximum absolute atomic E-state index is 10.9. The molecule has 1 aromatic heterocycles. The van der Waals surface area contributed by atoms with Crippen molar-refractivity contribution in [1.82, 2.24) is 14.8 Å². The highest BCUT2D eigenvalue weighted by atomic mass is 16.1. The Kier molecular flexibility index (Phi) is 1.80. The van der Waals surface area contributed by atoms with Gasteiger partial charge in [0.15, 0.2) is 0 Å². The van der Waals surface area contributed by atoms with Crippen LogP contribution in [-0.2, 0) is 6.54 Å². The maximum atomic E-state index is 10.9. The number of hydrogen-bond donors (Lipinski definition) is 0. The average molecular weight is 139 g/mol. The van der Waals surface area contributed by atoms with Gasteiger partial charge in [-0.25, -0.2) is 9.48 Å². The van der Waals surface area contributed by atoms with Crippen LogP contribution in [0.5, 0.6) is 0 Å². The molecule has 0 saturated carbocycles. The highest BCUT2D eigenvalue weighted by Gasteiger charge is 1.93. The van der Waals surface area contributed by atoms with Gasteiger partial charge in [0.1, 0.15) is 0 Å². The predicted octanol–water partition coefficient (Wildman–Crippen LogP) is -0.0334. The van der Waals surface area contributed by atoms with E-state index < -0.39 is 0 Å². The van der Waals surface area contributed by atoms with Gasteiger partial charge in [-0.1, -0.05) is 0 Å². The molecule has 0 unspecified atom stereocenters. The molecule has 0 aliphatic carbocycles. The Hall–Kier alpha value is -1.19. The van der Waals surface area contributed by atoms with Gasteiger partial charge in [-0.15, -0.1) is 0 Å². The van der Waals surface area contributed by atoms with E-state index in [0.29, 0.717) is 12.2 Å². The summed E-state index contributed by atoms with van der Waals surface area (Å²) in [4.78, 5) is 14.5. The Morgan fingerprint density at radius 1 is 1.70 bits per heavy atom. The van der Waals surface area contributed by atoms with Crippen LogP contribution in [-0.4, -0.2) is 14.8 Å². The van der Waals surface area contributed by atoms with Gasteiger partial charge < -0.3 is 0 Å². The van der Waals surface area contributed by atoms with Gasteiger partial charge in [0.05, 0.1) is 11.9 Å². The first kappa shape index (κ1) is 6.92.